The maximum absolute atomic E-state index is 13.6. The molecule has 0 unspecified atom stereocenters. The summed E-state index contributed by atoms with van der Waals surface area (Å²) in [6.45, 7) is 5.43. The molecule has 3 nitrogen and oxygen atoms in total. The van der Waals surface area contributed by atoms with Crippen molar-refractivity contribution in [2.45, 2.75) is 26.8 Å². The van der Waals surface area contributed by atoms with E-state index in [4.69, 9.17) is 4.74 Å². The van der Waals surface area contributed by atoms with E-state index in [9.17, 15) is 4.39 Å². The zero-order valence-electron chi connectivity index (χ0n) is 10.8. The van der Waals surface area contributed by atoms with Crippen LogP contribution in [0.25, 0.3) is 11.4 Å². The number of rotatable bonds is 1. The fourth-order valence-corrected chi connectivity index (χ4v) is 2.81. The minimum Gasteiger partial charge on any atom is -0.491 e. The van der Waals surface area contributed by atoms with Gasteiger partial charge in [0.05, 0.1) is 22.3 Å². The van der Waals surface area contributed by atoms with Crippen LogP contribution in [0.5, 0.6) is 5.75 Å². The molecule has 1 aliphatic heterocycles. The molecule has 0 atom stereocenters. The number of imidazole rings is 1. The molecular weight excluding hydrogens is 311 g/mol. The topological polar surface area (TPSA) is 27.1 Å². The molecule has 1 aromatic carbocycles. The van der Waals surface area contributed by atoms with Crippen LogP contribution in [-0.2, 0) is 13.0 Å². The van der Waals surface area contributed by atoms with E-state index in [-0.39, 0.29) is 5.82 Å². The number of benzene rings is 1. The molecule has 0 radical (unpaired) electrons. The second-order valence-corrected chi connectivity index (χ2v) is 5.44. The number of hydrogen-bond acceptors (Lipinski definition) is 2. The van der Waals surface area contributed by atoms with Crippen molar-refractivity contribution >= 4 is 15.9 Å². The SMILES string of the molecule is CCc1nc2n(c1C)CCOc1cc(F)c(Br)cc1-2. The number of aryl methyl sites for hydroxylation is 1. The Hall–Kier alpha value is -1.36. The molecule has 2 aromatic rings. The minimum atomic E-state index is -0.314. The number of fused-ring (bicyclic) bond motifs is 3. The van der Waals surface area contributed by atoms with Gasteiger partial charge in [-0.3, -0.25) is 0 Å². The summed E-state index contributed by atoms with van der Waals surface area (Å²) in [7, 11) is 0. The van der Waals surface area contributed by atoms with E-state index in [1.54, 1.807) is 6.07 Å². The lowest BCUT2D eigenvalue weighted by Crippen LogP contribution is -2.07. The molecule has 19 heavy (non-hydrogen) atoms. The zero-order valence-corrected chi connectivity index (χ0v) is 12.4. The Balaban J connectivity index is 2.27. The Morgan fingerprint density at radius 3 is 3.00 bits per heavy atom. The first kappa shape index (κ1) is 12.7. The van der Waals surface area contributed by atoms with Crippen LogP contribution < -0.4 is 4.74 Å². The Kier molecular flexibility index (Phi) is 3.09. The predicted octanol–water partition coefficient (Wildman–Crippen LogP) is 3.71. The van der Waals surface area contributed by atoms with Crippen molar-refractivity contribution in [1.29, 1.82) is 0 Å². The van der Waals surface area contributed by atoms with Gasteiger partial charge in [0.15, 0.2) is 0 Å². The first-order valence-corrected chi connectivity index (χ1v) is 7.09. The standard InChI is InChI=1S/C14H14BrFN2O/c1-3-12-8(2)18-4-5-19-13-7-11(16)10(15)6-9(13)14(18)17-12/h6-7H,3-5H2,1-2H3. The molecule has 0 amide bonds. The smallest absolute Gasteiger partial charge is 0.144 e. The molecule has 100 valence electrons. The number of hydrogen-bond donors (Lipinski definition) is 0. The van der Waals surface area contributed by atoms with Crippen molar-refractivity contribution in [3.05, 3.63) is 33.8 Å². The summed E-state index contributed by atoms with van der Waals surface area (Å²) in [5.74, 6) is 1.11. The first-order chi connectivity index (χ1) is 9.11. The fraction of sp³-hybridized carbons (Fsp3) is 0.357. The number of ether oxygens (including phenoxy) is 1. The van der Waals surface area contributed by atoms with Crippen molar-refractivity contribution in [1.82, 2.24) is 9.55 Å². The highest BCUT2D eigenvalue weighted by Crippen LogP contribution is 2.36. The van der Waals surface area contributed by atoms with Gasteiger partial charge in [-0.1, -0.05) is 6.92 Å². The summed E-state index contributed by atoms with van der Waals surface area (Å²) in [5.41, 5.74) is 3.09. The second-order valence-electron chi connectivity index (χ2n) is 4.58. The van der Waals surface area contributed by atoms with Gasteiger partial charge in [0.2, 0.25) is 0 Å². The Morgan fingerprint density at radius 1 is 1.47 bits per heavy atom. The summed E-state index contributed by atoms with van der Waals surface area (Å²) in [6, 6.07) is 3.17. The van der Waals surface area contributed by atoms with Crippen molar-refractivity contribution in [2.75, 3.05) is 6.61 Å². The van der Waals surface area contributed by atoms with E-state index >= 15 is 0 Å². The molecule has 3 rings (SSSR count). The van der Waals surface area contributed by atoms with E-state index in [0.29, 0.717) is 16.8 Å². The summed E-state index contributed by atoms with van der Waals surface area (Å²) >= 11 is 3.23. The van der Waals surface area contributed by atoms with Crippen LogP contribution in [0, 0.1) is 12.7 Å². The summed E-state index contributed by atoms with van der Waals surface area (Å²) in [6.07, 6.45) is 0.893. The second kappa shape index (κ2) is 4.63. The van der Waals surface area contributed by atoms with Crippen molar-refractivity contribution < 1.29 is 9.13 Å². The van der Waals surface area contributed by atoms with Crippen LogP contribution in [0.4, 0.5) is 4.39 Å². The predicted molar refractivity (Wildman–Crippen MR) is 74.9 cm³/mol. The highest BCUT2D eigenvalue weighted by molar-refractivity contribution is 9.10. The van der Waals surface area contributed by atoms with Gasteiger partial charge in [0, 0.05) is 11.8 Å². The van der Waals surface area contributed by atoms with Crippen molar-refractivity contribution in [3.63, 3.8) is 0 Å². The van der Waals surface area contributed by atoms with Crippen molar-refractivity contribution in [3.8, 4) is 17.1 Å². The summed E-state index contributed by atoms with van der Waals surface area (Å²) in [5, 5.41) is 0. The average molecular weight is 325 g/mol. The zero-order chi connectivity index (χ0) is 13.6. The highest BCUT2D eigenvalue weighted by Gasteiger charge is 2.22. The molecule has 2 heterocycles. The van der Waals surface area contributed by atoms with Gasteiger partial charge in [0.25, 0.3) is 0 Å². The van der Waals surface area contributed by atoms with Crippen LogP contribution in [-0.4, -0.2) is 16.2 Å². The van der Waals surface area contributed by atoms with Gasteiger partial charge in [-0.2, -0.15) is 0 Å². The molecular formula is C14H14BrFN2O. The third kappa shape index (κ3) is 1.96. The average Bonchev–Trinajstić information content (AvgIpc) is 2.60. The van der Waals surface area contributed by atoms with Gasteiger partial charge >= 0.3 is 0 Å². The molecule has 0 saturated carbocycles. The number of aromatic nitrogens is 2. The quantitative estimate of drug-likeness (QED) is 0.799. The monoisotopic (exact) mass is 324 g/mol. The van der Waals surface area contributed by atoms with E-state index in [0.717, 1.165) is 35.7 Å². The molecule has 5 heteroatoms. The third-order valence-corrected chi connectivity index (χ3v) is 4.10. The van der Waals surface area contributed by atoms with Crippen molar-refractivity contribution in [2.24, 2.45) is 0 Å². The Bertz CT molecular complexity index is 651. The van der Waals surface area contributed by atoms with Crippen LogP contribution in [0.1, 0.15) is 18.3 Å². The Morgan fingerprint density at radius 2 is 2.26 bits per heavy atom. The van der Waals surface area contributed by atoms with Crippen LogP contribution in [0.15, 0.2) is 16.6 Å². The van der Waals surface area contributed by atoms with Crippen LogP contribution in [0.2, 0.25) is 0 Å². The lowest BCUT2D eigenvalue weighted by Gasteiger charge is -2.07. The van der Waals surface area contributed by atoms with Gasteiger partial charge in [-0.25, -0.2) is 9.37 Å². The largest absolute Gasteiger partial charge is 0.491 e. The summed E-state index contributed by atoms with van der Waals surface area (Å²) in [4.78, 5) is 4.68. The summed E-state index contributed by atoms with van der Waals surface area (Å²) < 4.78 is 21.8. The molecule has 0 spiro atoms. The maximum Gasteiger partial charge on any atom is 0.144 e. The molecule has 1 aromatic heterocycles. The fourth-order valence-electron chi connectivity index (χ4n) is 2.47. The minimum absolute atomic E-state index is 0.314. The lowest BCUT2D eigenvalue weighted by molar-refractivity contribution is 0.304. The molecule has 1 aliphatic rings. The van der Waals surface area contributed by atoms with Gasteiger partial charge in [0.1, 0.15) is 24.0 Å². The highest BCUT2D eigenvalue weighted by atomic mass is 79.9. The van der Waals surface area contributed by atoms with E-state index in [1.807, 2.05) is 0 Å². The molecule has 0 bridgehead atoms. The van der Waals surface area contributed by atoms with Gasteiger partial charge in [-0.05, 0) is 35.3 Å². The van der Waals surface area contributed by atoms with Crippen LogP contribution in [0.3, 0.4) is 0 Å². The number of halogens is 2. The molecule has 0 saturated heterocycles. The van der Waals surface area contributed by atoms with E-state index in [1.165, 1.54) is 6.07 Å². The van der Waals surface area contributed by atoms with E-state index < -0.39 is 0 Å². The van der Waals surface area contributed by atoms with Gasteiger partial charge in [-0.15, -0.1) is 0 Å². The molecule has 0 aliphatic carbocycles. The molecule has 0 N–H and O–H groups in total. The first-order valence-electron chi connectivity index (χ1n) is 6.30. The van der Waals surface area contributed by atoms with E-state index in [2.05, 4.69) is 39.3 Å². The number of nitrogens with zero attached hydrogens (tertiary/aromatic N) is 2. The normalized spacial score (nSPS) is 13.5. The lowest BCUT2D eigenvalue weighted by atomic mass is 10.2. The van der Waals surface area contributed by atoms with Gasteiger partial charge < -0.3 is 9.30 Å². The third-order valence-electron chi connectivity index (χ3n) is 3.49. The van der Waals surface area contributed by atoms with Crippen LogP contribution >= 0.6 is 15.9 Å². The molecule has 0 fully saturated rings. The maximum atomic E-state index is 13.6. The Labute approximate surface area is 119 Å².